The van der Waals surface area contributed by atoms with Crippen LogP contribution in [0.25, 0.3) is 0 Å². The molecule has 0 aliphatic carbocycles. The molecule has 228 valence electrons. The van der Waals surface area contributed by atoms with Gasteiger partial charge in [-0.25, -0.2) is 4.57 Å². The Bertz CT molecular complexity index is 567. The van der Waals surface area contributed by atoms with Gasteiger partial charge in [0.2, 0.25) is 0 Å². The maximum Gasteiger partial charge on any atom is 0.472 e. The molecule has 9 nitrogen and oxygen atoms in total. The number of phosphoric acid groups is 1. The van der Waals surface area contributed by atoms with Crippen LogP contribution < -0.4 is 5.73 Å². The topological polar surface area (TPSA) is 138 Å². The number of carbonyl (C=O) groups is 1. The highest BCUT2D eigenvalue weighted by Gasteiger charge is 2.23. The number of hydrogen-bond acceptors (Lipinski definition) is 7. The molecule has 38 heavy (non-hydrogen) atoms. The number of ether oxygens (including phenoxy) is 2. The van der Waals surface area contributed by atoms with Crippen molar-refractivity contribution in [3.63, 3.8) is 0 Å². The fourth-order valence-electron chi connectivity index (χ4n) is 4.12. The lowest BCUT2D eigenvalue weighted by atomic mass is 10.0. The van der Waals surface area contributed by atoms with Crippen molar-refractivity contribution in [1.82, 2.24) is 0 Å². The van der Waals surface area contributed by atoms with Gasteiger partial charge in [-0.3, -0.25) is 13.8 Å². The molecule has 0 bridgehead atoms. The van der Waals surface area contributed by atoms with Gasteiger partial charge in [0.05, 0.1) is 19.8 Å². The Morgan fingerprint density at radius 2 is 1.21 bits per heavy atom. The van der Waals surface area contributed by atoms with Crippen LogP contribution >= 0.6 is 7.82 Å². The van der Waals surface area contributed by atoms with E-state index in [1.54, 1.807) is 0 Å². The molecule has 0 aliphatic rings. The van der Waals surface area contributed by atoms with Crippen LogP contribution in [0.3, 0.4) is 0 Å². The minimum absolute atomic E-state index is 0.0791. The largest absolute Gasteiger partial charge is 0.481 e. The van der Waals surface area contributed by atoms with Crippen LogP contribution in [0.5, 0.6) is 0 Å². The number of hydrogen-bond donors (Lipinski definition) is 3. The van der Waals surface area contributed by atoms with E-state index in [1.807, 2.05) is 0 Å². The lowest BCUT2D eigenvalue weighted by Gasteiger charge is -2.20. The molecule has 0 heterocycles. The van der Waals surface area contributed by atoms with Crippen LogP contribution in [-0.4, -0.2) is 61.7 Å². The summed E-state index contributed by atoms with van der Waals surface area (Å²) in [6.07, 6.45) is 21.7. The molecule has 10 heteroatoms. The summed E-state index contributed by atoms with van der Waals surface area (Å²) in [5, 5.41) is 8.73. The van der Waals surface area contributed by atoms with E-state index < -0.39 is 19.9 Å². The number of unbranched alkanes of at least 4 members (excludes halogenated alkanes) is 16. The molecule has 0 spiro atoms. The Balaban J connectivity index is 3.78. The van der Waals surface area contributed by atoms with Crippen molar-refractivity contribution in [2.45, 2.75) is 135 Å². The van der Waals surface area contributed by atoms with Crippen LogP contribution in [0.4, 0.5) is 0 Å². The molecule has 0 saturated carbocycles. The Morgan fingerprint density at radius 1 is 0.711 bits per heavy atom. The molecular weight excluding hydrogens is 509 g/mol. The van der Waals surface area contributed by atoms with Crippen LogP contribution in [-0.2, 0) is 27.9 Å². The van der Waals surface area contributed by atoms with Crippen LogP contribution in [0.2, 0.25) is 0 Å². The van der Waals surface area contributed by atoms with Gasteiger partial charge < -0.3 is 25.2 Å². The number of rotatable bonds is 31. The summed E-state index contributed by atoms with van der Waals surface area (Å²) in [7, 11) is -4.19. The second kappa shape index (κ2) is 28.0. The van der Waals surface area contributed by atoms with Gasteiger partial charge >= 0.3 is 13.8 Å². The SMILES string of the molecule is CCCCCCCCCCCCCCCCCCOCC(COP(=O)(O)OCCN)OCCCCC(=O)O. The van der Waals surface area contributed by atoms with E-state index in [-0.39, 0.29) is 32.8 Å². The molecule has 0 aromatic carbocycles. The van der Waals surface area contributed by atoms with Crippen molar-refractivity contribution in [3.05, 3.63) is 0 Å². The second-order valence-corrected chi connectivity index (χ2v) is 11.6. The number of carboxylic acids is 1. The third kappa shape index (κ3) is 28.5. The van der Waals surface area contributed by atoms with Crippen molar-refractivity contribution in [3.8, 4) is 0 Å². The summed E-state index contributed by atoms with van der Waals surface area (Å²) in [5.74, 6) is -0.842. The zero-order valence-electron chi connectivity index (χ0n) is 24.1. The lowest BCUT2D eigenvalue weighted by molar-refractivity contribution is -0.137. The molecule has 0 aromatic heterocycles. The number of carboxylic acid groups (broad SMARTS) is 1. The van der Waals surface area contributed by atoms with E-state index in [9.17, 15) is 14.3 Å². The van der Waals surface area contributed by atoms with Crippen molar-refractivity contribution in [2.75, 3.05) is 39.6 Å². The predicted octanol–water partition coefficient (Wildman–Crippen LogP) is 7.00. The van der Waals surface area contributed by atoms with Gasteiger partial charge in [0.1, 0.15) is 6.10 Å². The fraction of sp³-hybridized carbons (Fsp3) is 0.964. The normalized spacial score (nSPS) is 14.0. The Hall–Kier alpha value is -0.540. The first-order valence-electron chi connectivity index (χ1n) is 15.1. The Labute approximate surface area is 232 Å². The van der Waals surface area contributed by atoms with Gasteiger partial charge in [-0.15, -0.1) is 0 Å². The number of aliphatic carboxylic acids is 1. The Kier molecular flexibility index (Phi) is 27.6. The van der Waals surface area contributed by atoms with E-state index in [0.29, 0.717) is 26.1 Å². The maximum atomic E-state index is 11.9. The summed E-state index contributed by atoms with van der Waals surface area (Å²) in [6.45, 7) is 3.29. The number of phosphoric ester groups is 1. The highest BCUT2D eigenvalue weighted by atomic mass is 31.2. The molecule has 0 aliphatic heterocycles. The van der Waals surface area contributed by atoms with Crippen molar-refractivity contribution in [1.29, 1.82) is 0 Å². The molecule has 0 radical (unpaired) electrons. The van der Waals surface area contributed by atoms with E-state index >= 15 is 0 Å². The quantitative estimate of drug-likeness (QED) is 0.0597. The second-order valence-electron chi connectivity index (χ2n) is 10.1. The third-order valence-electron chi connectivity index (χ3n) is 6.38. The molecule has 0 amide bonds. The van der Waals surface area contributed by atoms with Gasteiger partial charge in [-0.05, 0) is 19.3 Å². The molecule has 0 fully saturated rings. The van der Waals surface area contributed by atoms with Gasteiger partial charge in [0, 0.05) is 26.2 Å². The first-order valence-corrected chi connectivity index (χ1v) is 16.6. The van der Waals surface area contributed by atoms with Crippen LogP contribution in [0, 0.1) is 0 Å². The van der Waals surface area contributed by atoms with Gasteiger partial charge in [0.25, 0.3) is 0 Å². The van der Waals surface area contributed by atoms with Crippen LogP contribution in [0.15, 0.2) is 0 Å². The molecule has 4 N–H and O–H groups in total. The summed E-state index contributed by atoms with van der Waals surface area (Å²) < 4.78 is 33.0. The van der Waals surface area contributed by atoms with E-state index in [2.05, 4.69) is 6.92 Å². The zero-order chi connectivity index (χ0) is 28.2. The monoisotopic (exact) mass is 567 g/mol. The average Bonchev–Trinajstić information content (AvgIpc) is 2.89. The molecule has 2 atom stereocenters. The summed E-state index contributed by atoms with van der Waals surface area (Å²) in [6, 6.07) is 0. The summed E-state index contributed by atoms with van der Waals surface area (Å²) >= 11 is 0. The molecular formula is C28H58NO8P. The lowest BCUT2D eigenvalue weighted by Crippen LogP contribution is -2.26. The first kappa shape index (κ1) is 37.5. The average molecular weight is 568 g/mol. The zero-order valence-corrected chi connectivity index (χ0v) is 25.0. The number of nitrogens with two attached hydrogens (primary N) is 1. The van der Waals surface area contributed by atoms with E-state index in [1.165, 1.54) is 89.9 Å². The summed E-state index contributed by atoms with van der Waals surface area (Å²) in [5.41, 5.74) is 5.29. The summed E-state index contributed by atoms with van der Waals surface area (Å²) in [4.78, 5) is 20.3. The molecule has 0 rings (SSSR count). The molecule has 0 saturated heterocycles. The van der Waals surface area contributed by atoms with Crippen molar-refractivity contribution < 1.29 is 37.9 Å². The third-order valence-corrected chi connectivity index (χ3v) is 7.36. The maximum absolute atomic E-state index is 11.9. The molecule has 0 aromatic rings. The van der Waals surface area contributed by atoms with Crippen LogP contribution in [0.1, 0.15) is 129 Å². The first-order chi connectivity index (χ1) is 18.4. The van der Waals surface area contributed by atoms with Gasteiger partial charge in [0.15, 0.2) is 0 Å². The highest BCUT2D eigenvalue weighted by Crippen LogP contribution is 2.43. The van der Waals surface area contributed by atoms with Gasteiger partial charge in [-0.2, -0.15) is 0 Å². The molecule has 2 unspecified atom stereocenters. The van der Waals surface area contributed by atoms with E-state index in [4.69, 9.17) is 29.4 Å². The fourth-order valence-corrected chi connectivity index (χ4v) is 4.89. The Morgan fingerprint density at radius 3 is 1.71 bits per heavy atom. The van der Waals surface area contributed by atoms with Gasteiger partial charge in [-0.1, -0.05) is 103 Å². The predicted molar refractivity (Wildman–Crippen MR) is 152 cm³/mol. The smallest absolute Gasteiger partial charge is 0.472 e. The van der Waals surface area contributed by atoms with Crippen molar-refractivity contribution in [2.24, 2.45) is 5.73 Å². The van der Waals surface area contributed by atoms with E-state index in [0.717, 1.165) is 12.8 Å². The van der Waals surface area contributed by atoms with Crippen molar-refractivity contribution >= 4 is 13.8 Å². The minimum atomic E-state index is -4.19. The minimum Gasteiger partial charge on any atom is -0.481 e. The highest BCUT2D eigenvalue weighted by molar-refractivity contribution is 7.47. The standard InChI is InChI=1S/C28H58NO8P/c1-2-3-4-5-6-7-8-9-10-11-12-13-14-15-16-18-22-34-25-27(35-23-19-17-20-28(30)31)26-37-38(32,33)36-24-21-29/h27H,2-26,29H2,1H3,(H,30,31)(H,32,33).